The number of carbonyl (C=O) groups excluding carboxylic acids is 1. The van der Waals surface area contributed by atoms with Gasteiger partial charge < -0.3 is 19.5 Å². The molecule has 0 radical (unpaired) electrons. The molecule has 1 saturated heterocycles. The Morgan fingerprint density at radius 3 is 2.08 bits per heavy atom. The Hall–Kier alpha value is -5.81. The highest BCUT2D eigenvalue weighted by atomic mass is 19.2. The number of aromatic nitrogens is 4. The van der Waals surface area contributed by atoms with E-state index in [1.165, 1.54) is 10.9 Å². The summed E-state index contributed by atoms with van der Waals surface area (Å²) in [5.41, 5.74) is -0.0844. The Balaban J connectivity index is 1.39. The smallest absolute Gasteiger partial charge is 0.338 e. The Labute approximate surface area is 294 Å². The van der Waals surface area contributed by atoms with E-state index in [4.69, 9.17) is 19.2 Å². The number of fused-ring (bicyclic) bond motifs is 1. The van der Waals surface area contributed by atoms with Crippen LogP contribution in [0.5, 0.6) is 5.75 Å². The van der Waals surface area contributed by atoms with Crippen LogP contribution in [0.2, 0.25) is 0 Å². The van der Waals surface area contributed by atoms with Gasteiger partial charge in [0.1, 0.15) is 11.3 Å². The summed E-state index contributed by atoms with van der Waals surface area (Å²) >= 11 is 0. The summed E-state index contributed by atoms with van der Waals surface area (Å²) in [4.78, 5) is 39.3. The summed E-state index contributed by atoms with van der Waals surface area (Å²) in [7, 11) is 1.61. The second kappa shape index (κ2) is 13.1. The number of H-pyrrole nitrogens is 1. The van der Waals surface area contributed by atoms with E-state index in [1.807, 2.05) is 84.9 Å². The quantitative estimate of drug-likeness (QED) is 0.113. The molecule has 260 valence electrons. The Morgan fingerprint density at radius 2 is 1.51 bits per heavy atom. The number of halogens is 1. The second-order valence-corrected chi connectivity index (χ2v) is 12.8. The van der Waals surface area contributed by atoms with Crippen LogP contribution in [-0.4, -0.2) is 44.1 Å². The fourth-order valence-electron chi connectivity index (χ4n) is 7.01. The van der Waals surface area contributed by atoms with Crippen molar-refractivity contribution in [1.82, 2.24) is 19.5 Å². The van der Waals surface area contributed by atoms with Crippen LogP contribution < -0.4 is 15.6 Å². The number of anilines is 1. The number of esters is 1. The monoisotopic (exact) mass is 687 g/mol. The number of carbonyl (C=O) groups is 1. The van der Waals surface area contributed by atoms with Crippen LogP contribution in [0.1, 0.15) is 60.5 Å². The zero-order chi connectivity index (χ0) is 35.8. The number of ether oxygens (including phenoxy) is 3. The molecule has 2 aromatic heterocycles. The zero-order valence-electron chi connectivity index (χ0n) is 28.7. The predicted molar refractivity (Wildman–Crippen MR) is 191 cm³/mol. The third-order valence-electron chi connectivity index (χ3n) is 10.0. The summed E-state index contributed by atoms with van der Waals surface area (Å²) in [5.74, 6) is -2.88. The van der Waals surface area contributed by atoms with E-state index in [-0.39, 0.29) is 23.5 Å². The molecule has 1 fully saturated rings. The van der Waals surface area contributed by atoms with Crippen molar-refractivity contribution in [3.05, 3.63) is 154 Å². The molecule has 2 N–H and O–H groups in total. The molecule has 0 saturated carbocycles. The molecule has 0 bridgehead atoms. The van der Waals surface area contributed by atoms with Crippen LogP contribution in [0.4, 0.5) is 10.3 Å². The highest BCUT2D eigenvalue weighted by molar-refractivity contribution is 5.89. The molecule has 0 amide bonds. The van der Waals surface area contributed by atoms with Crippen molar-refractivity contribution in [3.8, 4) is 5.75 Å². The van der Waals surface area contributed by atoms with E-state index in [0.29, 0.717) is 11.3 Å². The highest BCUT2D eigenvalue weighted by Gasteiger charge is 2.63. The number of methoxy groups -OCH3 is 1. The standard InChI is InChI=1S/C40H38FN5O5/c1-5-39(41)26(2)38(3,50-35(48)27-15-9-6-10-16-27)36(51-39)46-25-42-32-33(46)43-37(44-34(32)47)45-40(28-17-11-7-12-18-28,29-19-13-8-14-20-29)30-21-23-31(49-4)24-22-30/h6-26,36H,5H2,1-4H3,(H2,43,44,45,47)/t26-,36+,38+,39+/m0/s1. The van der Waals surface area contributed by atoms with Crippen LogP contribution in [0.3, 0.4) is 0 Å². The Bertz CT molecular complexity index is 2170. The van der Waals surface area contributed by atoms with Gasteiger partial charge in [-0.25, -0.2) is 14.2 Å². The van der Waals surface area contributed by atoms with Gasteiger partial charge in [0, 0.05) is 6.42 Å². The largest absolute Gasteiger partial charge is 0.497 e. The fraction of sp³-hybridized carbons (Fsp3) is 0.250. The average molecular weight is 688 g/mol. The van der Waals surface area contributed by atoms with Crippen LogP contribution in [0.25, 0.3) is 11.2 Å². The number of alkyl halides is 1. The number of nitrogens with one attached hydrogen (secondary N) is 2. The van der Waals surface area contributed by atoms with Gasteiger partial charge in [0.25, 0.3) is 5.56 Å². The number of hydrogen-bond donors (Lipinski definition) is 2. The van der Waals surface area contributed by atoms with Gasteiger partial charge in [-0.15, -0.1) is 0 Å². The van der Waals surface area contributed by atoms with Crippen molar-refractivity contribution in [1.29, 1.82) is 0 Å². The average Bonchev–Trinajstić information content (AvgIpc) is 3.68. The molecule has 11 heteroatoms. The van der Waals surface area contributed by atoms with E-state index in [1.54, 1.807) is 58.2 Å². The molecule has 4 aromatic carbocycles. The number of aromatic amines is 1. The molecule has 4 atom stereocenters. The van der Waals surface area contributed by atoms with Crippen molar-refractivity contribution in [2.45, 2.75) is 50.4 Å². The first-order chi connectivity index (χ1) is 24.6. The van der Waals surface area contributed by atoms with Gasteiger partial charge in [-0.3, -0.25) is 14.3 Å². The van der Waals surface area contributed by atoms with Gasteiger partial charge in [0.15, 0.2) is 23.0 Å². The SMILES string of the molecule is CC[C@@]1(F)O[C@@H](n2cnc3c(=O)[nH]c(NC(c4ccccc4)(c4ccccc4)c4ccc(OC)cc4)nc32)[C@](C)(OC(=O)c2ccccc2)[C@@H]1C. The summed E-state index contributed by atoms with van der Waals surface area (Å²) in [6.45, 7) is 4.95. The van der Waals surface area contributed by atoms with Gasteiger partial charge >= 0.3 is 5.97 Å². The summed E-state index contributed by atoms with van der Waals surface area (Å²) in [6.07, 6.45) is 0.150. The van der Waals surface area contributed by atoms with Gasteiger partial charge in [-0.05, 0) is 47.9 Å². The first-order valence-electron chi connectivity index (χ1n) is 16.8. The Morgan fingerprint density at radius 1 is 0.941 bits per heavy atom. The van der Waals surface area contributed by atoms with E-state index >= 15 is 4.39 Å². The Kier molecular flexibility index (Phi) is 8.68. The third-order valence-corrected chi connectivity index (χ3v) is 10.0. The minimum absolute atomic E-state index is 0.00484. The molecular formula is C40H38FN5O5. The first kappa shape index (κ1) is 33.7. The van der Waals surface area contributed by atoms with Crippen molar-refractivity contribution in [2.75, 3.05) is 12.4 Å². The maximum absolute atomic E-state index is 16.5. The second-order valence-electron chi connectivity index (χ2n) is 12.8. The molecular weight excluding hydrogens is 649 g/mol. The summed E-state index contributed by atoms with van der Waals surface area (Å²) in [6, 6.07) is 35.8. The molecule has 3 heterocycles. The van der Waals surface area contributed by atoms with E-state index in [2.05, 4.69) is 15.3 Å². The molecule has 6 aromatic rings. The van der Waals surface area contributed by atoms with Crippen LogP contribution in [0.15, 0.2) is 126 Å². The lowest BCUT2D eigenvalue weighted by Gasteiger charge is -2.37. The minimum Gasteiger partial charge on any atom is -0.497 e. The molecule has 0 unspecified atom stereocenters. The number of hydrogen-bond acceptors (Lipinski definition) is 8. The third kappa shape index (κ3) is 5.73. The zero-order valence-corrected chi connectivity index (χ0v) is 28.7. The number of benzene rings is 4. The van der Waals surface area contributed by atoms with E-state index in [9.17, 15) is 9.59 Å². The molecule has 0 spiro atoms. The van der Waals surface area contributed by atoms with Crippen LogP contribution in [0, 0.1) is 5.92 Å². The number of imidazole rings is 1. The first-order valence-corrected chi connectivity index (χ1v) is 16.8. The lowest BCUT2D eigenvalue weighted by atomic mass is 9.77. The minimum atomic E-state index is -2.15. The number of rotatable bonds is 10. The van der Waals surface area contributed by atoms with E-state index in [0.717, 1.165) is 16.7 Å². The predicted octanol–water partition coefficient (Wildman–Crippen LogP) is 7.39. The fourth-order valence-corrected chi connectivity index (χ4v) is 7.01. The summed E-state index contributed by atoms with van der Waals surface area (Å²) < 4.78 is 35.6. The molecule has 0 aliphatic carbocycles. The van der Waals surface area contributed by atoms with Crippen molar-refractivity contribution >= 4 is 23.1 Å². The van der Waals surface area contributed by atoms with E-state index < -0.39 is 40.7 Å². The van der Waals surface area contributed by atoms with Crippen LogP contribution in [-0.2, 0) is 15.0 Å². The van der Waals surface area contributed by atoms with Gasteiger partial charge in [0.05, 0.1) is 24.9 Å². The highest BCUT2D eigenvalue weighted by Crippen LogP contribution is 2.53. The molecule has 7 rings (SSSR count). The lowest BCUT2D eigenvalue weighted by Crippen LogP contribution is -2.44. The van der Waals surface area contributed by atoms with Crippen LogP contribution >= 0.6 is 0 Å². The van der Waals surface area contributed by atoms with Gasteiger partial charge in [0.2, 0.25) is 11.8 Å². The molecule has 10 nitrogen and oxygen atoms in total. The molecule has 51 heavy (non-hydrogen) atoms. The number of nitrogens with zero attached hydrogens (tertiary/aromatic N) is 3. The van der Waals surface area contributed by atoms with Gasteiger partial charge in [-0.2, -0.15) is 4.98 Å². The lowest BCUT2D eigenvalue weighted by molar-refractivity contribution is -0.174. The van der Waals surface area contributed by atoms with Crippen molar-refractivity contribution in [3.63, 3.8) is 0 Å². The maximum Gasteiger partial charge on any atom is 0.338 e. The normalized spacial score (nSPS) is 21.7. The van der Waals surface area contributed by atoms with Crippen molar-refractivity contribution < 1.29 is 23.4 Å². The van der Waals surface area contributed by atoms with Crippen molar-refractivity contribution in [2.24, 2.45) is 5.92 Å². The summed E-state index contributed by atoms with van der Waals surface area (Å²) in [5, 5.41) is 3.58. The molecule has 1 aliphatic rings. The maximum atomic E-state index is 16.5. The topological polar surface area (TPSA) is 120 Å². The van der Waals surface area contributed by atoms with Gasteiger partial charge in [-0.1, -0.05) is 105 Å². The molecule has 1 aliphatic heterocycles.